The van der Waals surface area contributed by atoms with E-state index in [1.807, 2.05) is 0 Å². The van der Waals surface area contributed by atoms with Crippen molar-refractivity contribution in [3.63, 3.8) is 0 Å². The molecule has 6 heteroatoms. The molecule has 2 aliphatic rings. The van der Waals surface area contributed by atoms with Crippen molar-refractivity contribution in [1.29, 1.82) is 0 Å². The standard InChI is InChI=1S/C18H21BrN2O3/c1-17(2)8-11(9-18(3,4)20-17)21-15(23)12-6-5-10(14(19)22)7-13(12)16(21)24/h5-7,11,20H,8-9H2,1-4H3. The molecule has 0 aliphatic carbocycles. The maximum absolute atomic E-state index is 12.9. The molecule has 1 fully saturated rings. The quantitative estimate of drug-likeness (QED) is 0.620. The summed E-state index contributed by atoms with van der Waals surface area (Å²) in [5.41, 5.74) is 0.742. The minimum atomic E-state index is -0.302. The highest BCUT2D eigenvalue weighted by atomic mass is 79.9. The molecule has 0 aromatic heterocycles. The smallest absolute Gasteiger partial charge is 0.261 e. The molecule has 2 heterocycles. The highest BCUT2D eigenvalue weighted by Gasteiger charge is 2.46. The topological polar surface area (TPSA) is 66.5 Å². The van der Waals surface area contributed by atoms with Crippen molar-refractivity contribution < 1.29 is 14.4 Å². The van der Waals surface area contributed by atoms with Crippen molar-refractivity contribution in [2.75, 3.05) is 0 Å². The summed E-state index contributed by atoms with van der Waals surface area (Å²) in [6.07, 6.45) is 1.40. The summed E-state index contributed by atoms with van der Waals surface area (Å²) >= 11 is 2.89. The van der Waals surface area contributed by atoms with Crippen LogP contribution in [0.15, 0.2) is 18.2 Å². The number of benzene rings is 1. The first kappa shape index (κ1) is 17.3. The molecule has 0 bridgehead atoms. The maximum Gasteiger partial charge on any atom is 0.261 e. The molecular weight excluding hydrogens is 372 g/mol. The number of hydrogen-bond acceptors (Lipinski definition) is 4. The summed E-state index contributed by atoms with van der Waals surface area (Å²) in [5.74, 6) is -0.564. The molecule has 0 atom stereocenters. The lowest BCUT2D eigenvalue weighted by Crippen LogP contribution is -2.62. The molecule has 5 nitrogen and oxygen atoms in total. The average Bonchev–Trinajstić information content (AvgIpc) is 2.67. The number of rotatable bonds is 2. The molecule has 1 saturated heterocycles. The van der Waals surface area contributed by atoms with E-state index in [0.29, 0.717) is 29.5 Å². The Labute approximate surface area is 149 Å². The first-order valence-electron chi connectivity index (χ1n) is 8.02. The molecule has 1 N–H and O–H groups in total. The number of carbonyl (C=O) groups is 3. The van der Waals surface area contributed by atoms with Crippen LogP contribution in [0, 0.1) is 0 Å². The van der Waals surface area contributed by atoms with E-state index >= 15 is 0 Å². The molecule has 2 amide bonds. The van der Waals surface area contributed by atoms with Gasteiger partial charge in [0.2, 0.25) is 4.69 Å². The Morgan fingerprint density at radius 3 is 2.17 bits per heavy atom. The van der Waals surface area contributed by atoms with Crippen LogP contribution in [0.3, 0.4) is 0 Å². The maximum atomic E-state index is 12.9. The van der Waals surface area contributed by atoms with E-state index in [0.717, 1.165) is 0 Å². The fourth-order valence-corrected chi connectivity index (χ4v) is 4.41. The number of amides is 2. The van der Waals surface area contributed by atoms with Gasteiger partial charge in [-0.2, -0.15) is 0 Å². The molecule has 2 aliphatic heterocycles. The Bertz CT molecular complexity index is 739. The predicted molar refractivity (Wildman–Crippen MR) is 94.5 cm³/mol. The number of imide groups is 1. The van der Waals surface area contributed by atoms with Gasteiger partial charge in [-0.25, -0.2) is 0 Å². The van der Waals surface area contributed by atoms with Crippen LogP contribution in [0.25, 0.3) is 0 Å². The van der Waals surface area contributed by atoms with Gasteiger partial charge in [0.15, 0.2) is 0 Å². The first-order valence-corrected chi connectivity index (χ1v) is 8.81. The van der Waals surface area contributed by atoms with Crippen molar-refractivity contribution in [2.45, 2.75) is 57.7 Å². The Morgan fingerprint density at radius 2 is 1.62 bits per heavy atom. The largest absolute Gasteiger partial charge is 0.307 e. The summed E-state index contributed by atoms with van der Waals surface area (Å²) in [4.78, 5) is 38.5. The van der Waals surface area contributed by atoms with Crippen molar-refractivity contribution in [3.8, 4) is 0 Å². The van der Waals surface area contributed by atoms with Crippen molar-refractivity contribution in [2.24, 2.45) is 0 Å². The predicted octanol–water partition coefficient (Wildman–Crippen LogP) is 3.13. The van der Waals surface area contributed by atoms with Gasteiger partial charge in [0.05, 0.1) is 11.1 Å². The SMILES string of the molecule is CC1(C)CC(N2C(=O)c3ccc(C(=O)Br)cc3C2=O)CC(C)(C)N1. The van der Waals surface area contributed by atoms with Crippen LogP contribution in [0.1, 0.15) is 71.6 Å². The number of piperidine rings is 1. The zero-order valence-electron chi connectivity index (χ0n) is 14.3. The van der Waals surface area contributed by atoms with Gasteiger partial charge in [0, 0.05) is 22.7 Å². The van der Waals surface area contributed by atoms with Crippen LogP contribution in [-0.4, -0.2) is 38.5 Å². The van der Waals surface area contributed by atoms with Gasteiger partial charge in [-0.15, -0.1) is 0 Å². The van der Waals surface area contributed by atoms with Gasteiger partial charge in [-0.05, 0) is 74.7 Å². The number of carbonyl (C=O) groups excluding carboxylic acids is 3. The second-order valence-electron chi connectivity index (χ2n) is 7.97. The summed E-state index contributed by atoms with van der Waals surface area (Å²) in [6, 6.07) is 4.48. The molecule has 24 heavy (non-hydrogen) atoms. The molecule has 0 spiro atoms. The van der Waals surface area contributed by atoms with Crippen LogP contribution in [0.5, 0.6) is 0 Å². The Hall–Kier alpha value is -1.53. The second-order valence-corrected chi connectivity index (χ2v) is 8.69. The van der Waals surface area contributed by atoms with Gasteiger partial charge < -0.3 is 5.32 Å². The van der Waals surface area contributed by atoms with E-state index in [1.165, 1.54) is 11.0 Å². The lowest BCUT2D eigenvalue weighted by Gasteiger charge is -2.48. The van der Waals surface area contributed by atoms with Crippen LogP contribution in [0.2, 0.25) is 0 Å². The molecule has 0 unspecified atom stereocenters. The van der Waals surface area contributed by atoms with Crippen LogP contribution >= 0.6 is 15.9 Å². The zero-order valence-corrected chi connectivity index (χ0v) is 15.9. The number of hydrogen-bond donors (Lipinski definition) is 1. The van der Waals surface area contributed by atoms with E-state index < -0.39 is 0 Å². The van der Waals surface area contributed by atoms with Gasteiger partial charge in [-0.1, -0.05) is 0 Å². The molecule has 3 rings (SSSR count). The third kappa shape index (κ3) is 2.93. The molecule has 1 aromatic rings. The van der Waals surface area contributed by atoms with E-state index in [9.17, 15) is 14.4 Å². The van der Waals surface area contributed by atoms with Crippen molar-refractivity contribution in [1.82, 2.24) is 10.2 Å². The van der Waals surface area contributed by atoms with Crippen molar-refractivity contribution >= 4 is 32.4 Å². The Balaban J connectivity index is 1.97. The lowest BCUT2D eigenvalue weighted by molar-refractivity contribution is 0.0412. The molecule has 0 saturated carbocycles. The highest BCUT2D eigenvalue weighted by molar-refractivity contribution is 9.18. The third-order valence-corrected chi connectivity index (χ3v) is 5.14. The van der Waals surface area contributed by atoms with E-state index in [-0.39, 0.29) is 33.6 Å². The highest BCUT2D eigenvalue weighted by Crippen LogP contribution is 2.36. The minimum absolute atomic E-state index is 0.160. The lowest BCUT2D eigenvalue weighted by atomic mass is 9.79. The Kier molecular flexibility index (Phi) is 3.96. The summed E-state index contributed by atoms with van der Waals surface area (Å²) < 4.78 is -0.298. The van der Waals surface area contributed by atoms with E-state index in [2.05, 4.69) is 48.9 Å². The molecule has 0 radical (unpaired) electrons. The molecule has 128 valence electrons. The van der Waals surface area contributed by atoms with E-state index in [1.54, 1.807) is 12.1 Å². The number of halogens is 1. The molecule has 1 aromatic carbocycles. The summed E-state index contributed by atoms with van der Waals surface area (Å²) in [7, 11) is 0. The van der Waals surface area contributed by atoms with Crippen molar-refractivity contribution in [3.05, 3.63) is 34.9 Å². The first-order chi connectivity index (χ1) is 11.0. The van der Waals surface area contributed by atoms with Crippen LogP contribution in [-0.2, 0) is 0 Å². The van der Waals surface area contributed by atoms with Crippen LogP contribution in [0.4, 0.5) is 0 Å². The van der Waals surface area contributed by atoms with Gasteiger partial charge in [0.25, 0.3) is 11.8 Å². The van der Waals surface area contributed by atoms with Crippen LogP contribution < -0.4 is 5.32 Å². The second kappa shape index (κ2) is 5.49. The fraction of sp³-hybridized carbons (Fsp3) is 0.500. The summed E-state index contributed by atoms with van der Waals surface area (Å²) in [5, 5.41) is 3.56. The number of nitrogens with zero attached hydrogens (tertiary/aromatic N) is 1. The normalized spacial score (nSPS) is 22.6. The fourth-order valence-electron chi connectivity index (χ4n) is 4.16. The average molecular weight is 393 g/mol. The minimum Gasteiger partial charge on any atom is -0.307 e. The van der Waals surface area contributed by atoms with E-state index in [4.69, 9.17) is 0 Å². The summed E-state index contributed by atoms with van der Waals surface area (Å²) in [6.45, 7) is 8.34. The monoisotopic (exact) mass is 392 g/mol. The number of fused-ring (bicyclic) bond motifs is 1. The van der Waals surface area contributed by atoms with Gasteiger partial charge >= 0.3 is 0 Å². The third-order valence-electron chi connectivity index (χ3n) is 4.68. The molecular formula is C18H21BrN2O3. The Morgan fingerprint density at radius 1 is 1.08 bits per heavy atom. The van der Waals surface area contributed by atoms with Gasteiger partial charge in [0.1, 0.15) is 0 Å². The van der Waals surface area contributed by atoms with Gasteiger partial charge in [-0.3, -0.25) is 19.3 Å². The number of nitrogens with one attached hydrogen (secondary N) is 1. The zero-order chi connectivity index (χ0) is 17.9.